The number of ether oxygens (including phenoxy) is 1. The number of carbonyl (C=O) groups excluding carboxylic acids is 2. The summed E-state index contributed by atoms with van der Waals surface area (Å²) in [6, 6.07) is 0. The average Bonchev–Trinajstić information content (AvgIpc) is 2.95. The fourth-order valence-corrected chi connectivity index (χ4v) is 8.00. The van der Waals surface area contributed by atoms with Crippen LogP contribution in [0.4, 0.5) is 0 Å². The highest BCUT2D eigenvalue weighted by Gasteiger charge is 2.63. The Balaban J connectivity index is 1.63. The summed E-state index contributed by atoms with van der Waals surface area (Å²) >= 11 is 0. The molecule has 8 unspecified atom stereocenters. The van der Waals surface area contributed by atoms with Crippen molar-refractivity contribution in [3.05, 3.63) is 11.6 Å². The topological polar surface area (TPSA) is 80.7 Å². The van der Waals surface area contributed by atoms with Crippen molar-refractivity contribution >= 4 is 17.7 Å². The highest BCUT2D eigenvalue weighted by atomic mass is 16.5. The molecule has 29 heavy (non-hydrogen) atoms. The lowest BCUT2D eigenvalue weighted by atomic mass is 9.47. The SMILES string of the molecule is CC(=O)OC1CCC2(C)C(=CCC3C2CCC2(C)C3CC(C(=O)O)C2C(C)=O)C1. The first-order valence-electron chi connectivity index (χ1n) is 11.2. The zero-order valence-corrected chi connectivity index (χ0v) is 18.1. The average molecular weight is 403 g/mol. The summed E-state index contributed by atoms with van der Waals surface area (Å²) in [5, 5.41) is 9.82. The van der Waals surface area contributed by atoms with Gasteiger partial charge in [-0.15, -0.1) is 0 Å². The largest absolute Gasteiger partial charge is 0.481 e. The Morgan fingerprint density at radius 3 is 2.45 bits per heavy atom. The molecular formula is C24H34O5. The zero-order valence-electron chi connectivity index (χ0n) is 18.1. The molecule has 5 heteroatoms. The summed E-state index contributed by atoms with van der Waals surface area (Å²) in [7, 11) is 0. The van der Waals surface area contributed by atoms with Crippen LogP contribution in [-0.4, -0.2) is 28.9 Å². The monoisotopic (exact) mass is 402 g/mol. The maximum Gasteiger partial charge on any atom is 0.307 e. The van der Waals surface area contributed by atoms with E-state index in [0.717, 1.165) is 38.5 Å². The molecule has 3 saturated carbocycles. The number of Topliss-reactive ketones (excluding diaryl/α,β-unsaturated/α-hetero) is 1. The van der Waals surface area contributed by atoms with Gasteiger partial charge in [0.05, 0.1) is 5.92 Å². The number of fused-ring (bicyclic) bond motifs is 5. The molecule has 0 aliphatic heterocycles. The second kappa shape index (κ2) is 6.95. The quantitative estimate of drug-likeness (QED) is 0.559. The third-order valence-corrected chi connectivity index (χ3v) is 9.20. The van der Waals surface area contributed by atoms with Crippen LogP contribution < -0.4 is 0 Å². The van der Waals surface area contributed by atoms with Crippen molar-refractivity contribution < 1.29 is 24.2 Å². The van der Waals surface area contributed by atoms with Crippen molar-refractivity contribution in [3.8, 4) is 0 Å². The maximum atomic E-state index is 12.5. The third-order valence-electron chi connectivity index (χ3n) is 9.20. The molecule has 0 spiro atoms. The van der Waals surface area contributed by atoms with Crippen LogP contribution in [0.5, 0.6) is 0 Å². The Morgan fingerprint density at radius 2 is 1.83 bits per heavy atom. The lowest BCUT2D eigenvalue weighted by Crippen LogP contribution is -2.51. The molecule has 0 heterocycles. The Morgan fingerprint density at radius 1 is 1.10 bits per heavy atom. The summed E-state index contributed by atoms with van der Waals surface area (Å²) in [6.07, 6.45) is 8.66. The van der Waals surface area contributed by atoms with Crippen molar-refractivity contribution in [2.24, 2.45) is 40.4 Å². The number of rotatable bonds is 3. The number of carboxylic acid groups (broad SMARTS) is 1. The normalized spacial score (nSPS) is 46.0. The fourth-order valence-electron chi connectivity index (χ4n) is 8.00. The van der Waals surface area contributed by atoms with Gasteiger partial charge in [-0.3, -0.25) is 14.4 Å². The minimum Gasteiger partial charge on any atom is -0.481 e. The van der Waals surface area contributed by atoms with E-state index in [0.29, 0.717) is 18.3 Å². The Kier molecular flexibility index (Phi) is 4.94. The van der Waals surface area contributed by atoms with Crippen LogP contribution in [0.15, 0.2) is 11.6 Å². The van der Waals surface area contributed by atoms with Crippen molar-refractivity contribution in [1.29, 1.82) is 0 Å². The summed E-state index contributed by atoms with van der Waals surface area (Å²) in [5.41, 5.74) is 1.33. The van der Waals surface area contributed by atoms with Gasteiger partial charge in [0, 0.05) is 19.3 Å². The number of hydrogen-bond donors (Lipinski definition) is 1. The van der Waals surface area contributed by atoms with Gasteiger partial charge in [-0.25, -0.2) is 0 Å². The van der Waals surface area contributed by atoms with Crippen LogP contribution in [0.1, 0.15) is 72.6 Å². The van der Waals surface area contributed by atoms with E-state index in [9.17, 15) is 19.5 Å². The predicted octanol–water partition coefficient (Wildman–Crippen LogP) is 4.40. The number of carboxylic acids is 1. The maximum absolute atomic E-state index is 12.5. The van der Waals surface area contributed by atoms with Gasteiger partial charge in [0.15, 0.2) is 0 Å². The van der Waals surface area contributed by atoms with Gasteiger partial charge in [-0.2, -0.15) is 0 Å². The molecule has 5 nitrogen and oxygen atoms in total. The van der Waals surface area contributed by atoms with Crippen LogP contribution in [0.3, 0.4) is 0 Å². The van der Waals surface area contributed by atoms with Crippen molar-refractivity contribution in [2.75, 3.05) is 0 Å². The van der Waals surface area contributed by atoms with E-state index in [-0.39, 0.29) is 40.5 Å². The van der Waals surface area contributed by atoms with Crippen molar-refractivity contribution in [3.63, 3.8) is 0 Å². The van der Waals surface area contributed by atoms with Crippen LogP contribution in [-0.2, 0) is 19.1 Å². The standard InChI is InChI=1S/C24H34O5/c1-13(25)21-18(22(27)28)12-20-17-6-5-15-11-16(29-14(2)26)7-9-23(15,3)19(17)8-10-24(20,21)4/h5,16-21H,6-12H2,1-4H3,(H,27,28). The van der Waals surface area contributed by atoms with Gasteiger partial charge < -0.3 is 9.84 Å². The van der Waals surface area contributed by atoms with E-state index in [4.69, 9.17) is 4.74 Å². The van der Waals surface area contributed by atoms with Crippen molar-refractivity contribution in [2.45, 2.75) is 78.7 Å². The van der Waals surface area contributed by atoms with E-state index in [1.807, 2.05) is 0 Å². The van der Waals surface area contributed by atoms with Gasteiger partial charge in [0.25, 0.3) is 0 Å². The van der Waals surface area contributed by atoms with Crippen LogP contribution in [0, 0.1) is 40.4 Å². The Bertz CT molecular complexity index is 769. The molecule has 0 amide bonds. The molecule has 0 aromatic rings. The first-order valence-corrected chi connectivity index (χ1v) is 11.2. The molecule has 4 rings (SSSR count). The first-order chi connectivity index (χ1) is 13.6. The molecule has 4 aliphatic rings. The second-order valence-corrected chi connectivity index (χ2v) is 10.5. The summed E-state index contributed by atoms with van der Waals surface area (Å²) in [6.45, 7) is 7.61. The summed E-state index contributed by atoms with van der Waals surface area (Å²) < 4.78 is 5.50. The fraction of sp³-hybridized carbons (Fsp3) is 0.792. The lowest BCUT2D eigenvalue weighted by Gasteiger charge is -2.58. The third kappa shape index (κ3) is 3.07. The summed E-state index contributed by atoms with van der Waals surface area (Å²) in [5.74, 6) is -0.612. The molecule has 8 atom stereocenters. The van der Waals surface area contributed by atoms with Gasteiger partial charge in [-0.1, -0.05) is 25.5 Å². The molecular weight excluding hydrogens is 368 g/mol. The minimum absolute atomic E-state index is 0.0119. The van der Waals surface area contributed by atoms with E-state index in [1.165, 1.54) is 12.5 Å². The molecule has 3 fully saturated rings. The minimum atomic E-state index is -0.808. The second-order valence-electron chi connectivity index (χ2n) is 10.5. The zero-order chi connectivity index (χ0) is 21.1. The molecule has 0 aromatic carbocycles. The smallest absolute Gasteiger partial charge is 0.307 e. The Hall–Kier alpha value is -1.65. The number of ketones is 1. The number of allylic oxidation sites excluding steroid dienone is 1. The van der Waals surface area contributed by atoms with E-state index < -0.39 is 11.9 Å². The molecule has 1 N–H and O–H groups in total. The van der Waals surface area contributed by atoms with Gasteiger partial charge in [0.1, 0.15) is 11.9 Å². The number of carbonyl (C=O) groups is 3. The van der Waals surface area contributed by atoms with Crippen LogP contribution in [0.25, 0.3) is 0 Å². The van der Waals surface area contributed by atoms with E-state index in [1.54, 1.807) is 6.92 Å². The van der Waals surface area contributed by atoms with Gasteiger partial charge in [-0.05, 0) is 74.0 Å². The molecule has 160 valence electrons. The molecule has 4 aliphatic carbocycles. The van der Waals surface area contributed by atoms with Crippen LogP contribution >= 0.6 is 0 Å². The van der Waals surface area contributed by atoms with Gasteiger partial charge >= 0.3 is 11.9 Å². The highest BCUT2D eigenvalue weighted by Crippen LogP contribution is 2.67. The molecule has 0 aromatic heterocycles. The highest BCUT2D eigenvalue weighted by molar-refractivity contribution is 5.86. The van der Waals surface area contributed by atoms with Crippen molar-refractivity contribution in [1.82, 2.24) is 0 Å². The molecule has 0 saturated heterocycles. The Labute approximate surface area is 173 Å². The number of esters is 1. The summed E-state index contributed by atoms with van der Waals surface area (Å²) in [4.78, 5) is 35.8. The molecule has 0 bridgehead atoms. The number of aliphatic carboxylic acids is 1. The van der Waals surface area contributed by atoms with E-state index >= 15 is 0 Å². The van der Waals surface area contributed by atoms with Gasteiger partial charge in [0.2, 0.25) is 0 Å². The number of hydrogen-bond acceptors (Lipinski definition) is 4. The van der Waals surface area contributed by atoms with E-state index in [2.05, 4.69) is 19.9 Å². The molecule has 0 radical (unpaired) electrons. The first kappa shape index (κ1) is 20.6. The predicted molar refractivity (Wildman–Crippen MR) is 108 cm³/mol. The lowest BCUT2D eigenvalue weighted by molar-refractivity contribution is -0.149. The van der Waals surface area contributed by atoms with Crippen LogP contribution in [0.2, 0.25) is 0 Å².